The predicted molar refractivity (Wildman–Crippen MR) is 59.0 cm³/mol. The van der Waals surface area contributed by atoms with E-state index >= 15 is 0 Å². The maximum atomic E-state index is 11.0. The van der Waals surface area contributed by atoms with Crippen molar-refractivity contribution < 1.29 is 9.90 Å². The fourth-order valence-electron chi connectivity index (χ4n) is 2.37. The lowest BCUT2D eigenvalue weighted by Crippen LogP contribution is -2.45. The monoisotopic (exact) mass is 215 g/mol. The number of hydrogen-bond acceptors (Lipinski definition) is 2. The molecule has 0 bridgehead atoms. The third-order valence-corrected chi connectivity index (χ3v) is 4.52. The van der Waals surface area contributed by atoms with Crippen LogP contribution >= 0.6 is 12.2 Å². The fourth-order valence-corrected chi connectivity index (χ4v) is 2.74. The molecule has 0 amide bonds. The Hall–Kier alpha value is -0.640. The van der Waals surface area contributed by atoms with Crippen LogP contribution in [0, 0.1) is 16.7 Å². The molecule has 0 aromatic carbocycles. The van der Waals surface area contributed by atoms with E-state index in [2.05, 4.69) is 0 Å². The normalized spacial score (nSPS) is 35.5. The molecule has 0 heterocycles. The van der Waals surface area contributed by atoms with E-state index in [1.165, 1.54) is 0 Å². The zero-order valence-corrected chi connectivity index (χ0v) is 9.65. The van der Waals surface area contributed by atoms with Crippen LogP contribution in [0.4, 0.5) is 0 Å². The van der Waals surface area contributed by atoms with E-state index in [4.69, 9.17) is 23.1 Å². The van der Waals surface area contributed by atoms with Crippen molar-refractivity contribution in [3.05, 3.63) is 0 Å². The molecule has 14 heavy (non-hydrogen) atoms. The van der Waals surface area contributed by atoms with Crippen LogP contribution in [0.5, 0.6) is 0 Å². The van der Waals surface area contributed by atoms with Crippen LogP contribution in [-0.2, 0) is 4.79 Å². The second-order valence-electron chi connectivity index (χ2n) is 4.85. The number of carboxylic acids is 1. The summed E-state index contributed by atoms with van der Waals surface area (Å²) in [7, 11) is 0. The maximum Gasteiger partial charge on any atom is 0.307 e. The molecule has 0 aliphatic heterocycles. The second kappa shape index (κ2) is 3.19. The Kier molecular flexibility index (Phi) is 2.61. The third kappa shape index (κ3) is 1.32. The van der Waals surface area contributed by atoms with Gasteiger partial charge in [0.2, 0.25) is 0 Å². The van der Waals surface area contributed by atoms with Gasteiger partial charge in [0.05, 0.1) is 10.9 Å². The number of hydrogen-bond donors (Lipinski definition) is 2. The summed E-state index contributed by atoms with van der Waals surface area (Å²) in [5.74, 6) is -1.08. The molecule has 80 valence electrons. The Labute approximate surface area is 89.7 Å². The molecular formula is C10H17NO2S. The van der Waals surface area contributed by atoms with Gasteiger partial charge in [-0.2, -0.15) is 0 Å². The minimum absolute atomic E-state index is 0.328. The predicted octanol–water partition coefficient (Wildman–Crippen LogP) is 1.80. The van der Waals surface area contributed by atoms with E-state index in [0.717, 1.165) is 6.42 Å². The summed E-state index contributed by atoms with van der Waals surface area (Å²) in [5.41, 5.74) is 5.02. The second-order valence-corrected chi connectivity index (χ2v) is 5.29. The van der Waals surface area contributed by atoms with Gasteiger partial charge in [-0.3, -0.25) is 4.79 Å². The number of carbonyl (C=O) groups is 1. The average Bonchev–Trinajstić information content (AvgIpc) is 2.24. The van der Waals surface area contributed by atoms with Gasteiger partial charge in [0.1, 0.15) is 0 Å². The summed E-state index contributed by atoms with van der Waals surface area (Å²) >= 11 is 5.04. The van der Waals surface area contributed by atoms with Gasteiger partial charge < -0.3 is 10.8 Å². The smallest absolute Gasteiger partial charge is 0.307 e. The lowest BCUT2D eigenvalue weighted by atomic mass is 9.65. The van der Waals surface area contributed by atoms with E-state index in [1.54, 1.807) is 0 Å². The molecule has 0 unspecified atom stereocenters. The van der Waals surface area contributed by atoms with Crippen LogP contribution < -0.4 is 5.73 Å². The van der Waals surface area contributed by atoms with Gasteiger partial charge in [-0.1, -0.05) is 33.0 Å². The summed E-state index contributed by atoms with van der Waals surface area (Å²) in [4.78, 5) is 11.5. The molecule has 1 aliphatic carbocycles. The first kappa shape index (κ1) is 11.4. The first-order valence-electron chi connectivity index (χ1n) is 4.76. The highest BCUT2D eigenvalue weighted by molar-refractivity contribution is 7.80. The van der Waals surface area contributed by atoms with Crippen molar-refractivity contribution in [2.24, 2.45) is 22.5 Å². The van der Waals surface area contributed by atoms with E-state index in [9.17, 15) is 4.79 Å². The molecular weight excluding hydrogens is 198 g/mol. The average molecular weight is 215 g/mol. The van der Waals surface area contributed by atoms with Gasteiger partial charge >= 0.3 is 5.97 Å². The summed E-state index contributed by atoms with van der Waals surface area (Å²) in [6.45, 7) is 5.86. The molecule has 0 radical (unpaired) electrons. The lowest BCUT2D eigenvalue weighted by Gasteiger charge is -2.39. The number of nitrogens with two attached hydrogens (primary N) is 1. The molecule has 0 aromatic heterocycles. The number of aliphatic carboxylic acids is 1. The topological polar surface area (TPSA) is 63.3 Å². The zero-order valence-electron chi connectivity index (χ0n) is 8.83. The number of carboxylic acid groups (broad SMARTS) is 1. The summed E-state index contributed by atoms with van der Waals surface area (Å²) in [5, 5.41) is 9.08. The molecule has 1 fully saturated rings. The Morgan fingerprint density at radius 2 is 2.00 bits per heavy atom. The van der Waals surface area contributed by atoms with Gasteiger partial charge in [0, 0.05) is 5.41 Å². The van der Waals surface area contributed by atoms with E-state index in [1.807, 2.05) is 20.8 Å². The maximum absolute atomic E-state index is 11.0. The molecule has 3 N–H and O–H groups in total. The zero-order chi connectivity index (χ0) is 11.1. The van der Waals surface area contributed by atoms with Crippen molar-refractivity contribution in [3.63, 3.8) is 0 Å². The molecule has 0 aromatic rings. The Balaban J connectivity index is 3.08. The molecule has 1 saturated carbocycles. The van der Waals surface area contributed by atoms with E-state index in [-0.39, 0.29) is 16.7 Å². The largest absolute Gasteiger partial charge is 0.481 e. The van der Waals surface area contributed by atoms with Crippen LogP contribution in [0.2, 0.25) is 0 Å². The first-order chi connectivity index (χ1) is 6.23. The van der Waals surface area contributed by atoms with Gasteiger partial charge in [-0.15, -0.1) is 0 Å². The van der Waals surface area contributed by atoms with Gasteiger partial charge in [0.25, 0.3) is 0 Å². The van der Waals surface area contributed by atoms with Crippen LogP contribution in [-0.4, -0.2) is 16.1 Å². The Morgan fingerprint density at radius 1 is 1.50 bits per heavy atom. The minimum atomic E-state index is -0.741. The highest BCUT2D eigenvalue weighted by Gasteiger charge is 2.55. The highest BCUT2D eigenvalue weighted by atomic mass is 32.1. The summed E-state index contributed by atoms with van der Waals surface area (Å²) < 4.78 is 0. The lowest BCUT2D eigenvalue weighted by molar-refractivity contribution is -0.145. The summed E-state index contributed by atoms with van der Waals surface area (Å²) in [6, 6.07) is 0. The van der Waals surface area contributed by atoms with Crippen molar-refractivity contribution in [2.75, 3.05) is 0 Å². The van der Waals surface area contributed by atoms with E-state index in [0.29, 0.717) is 11.4 Å². The Morgan fingerprint density at radius 3 is 2.21 bits per heavy atom. The van der Waals surface area contributed by atoms with Crippen LogP contribution in [0.3, 0.4) is 0 Å². The van der Waals surface area contributed by atoms with Crippen molar-refractivity contribution in [1.29, 1.82) is 0 Å². The first-order valence-corrected chi connectivity index (χ1v) is 5.17. The van der Waals surface area contributed by atoms with Crippen molar-refractivity contribution in [2.45, 2.75) is 33.6 Å². The molecule has 2 atom stereocenters. The molecule has 4 heteroatoms. The Bertz CT molecular complexity index is 288. The van der Waals surface area contributed by atoms with Crippen LogP contribution in [0.15, 0.2) is 0 Å². The van der Waals surface area contributed by atoms with Gasteiger partial charge in [-0.25, -0.2) is 0 Å². The third-order valence-electron chi connectivity index (χ3n) is 4.07. The van der Waals surface area contributed by atoms with Crippen molar-refractivity contribution >= 4 is 23.2 Å². The minimum Gasteiger partial charge on any atom is -0.481 e. The molecule has 1 rings (SSSR count). The standard InChI is InChI=1S/C10H17NO2S/c1-9(2)6(7(12)13)4-5-10(9,3)8(11)14/h6H,4-5H2,1-3H3,(H2,11,14)(H,12,13)/t6-,10+/m1/s1. The fraction of sp³-hybridized carbons (Fsp3) is 0.800. The van der Waals surface area contributed by atoms with Crippen LogP contribution in [0.25, 0.3) is 0 Å². The summed E-state index contributed by atoms with van der Waals surface area (Å²) in [6.07, 6.45) is 1.43. The molecule has 0 saturated heterocycles. The van der Waals surface area contributed by atoms with Gasteiger partial charge in [0.15, 0.2) is 0 Å². The molecule has 0 spiro atoms. The van der Waals surface area contributed by atoms with Crippen LogP contribution in [0.1, 0.15) is 33.6 Å². The quantitative estimate of drug-likeness (QED) is 0.689. The van der Waals surface area contributed by atoms with Crippen molar-refractivity contribution in [3.8, 4) is 0 Å². The van der Waals surface area contributed by atoms with E-state index < -0.39 is 5.97 Å². The number of thiocarbonyl (C=S) groups is 1. The molecule has 3 nitrogen and oxygen atoms in total. The van der Waals surface area contributed by atoms with Gasteiger partial charge in [-0.05, 0) is 18.3 Å². The SMILES string of the molecule is CC1(C)[C@@H](C(=O)O)CC[C@@]1(C)C(N)=S. The molecule has 1 aliphatic rings. The highest BCUT2D eigenvalue weighted by Crippen LogP contribution is 2.56. The van der Waals surface area contributed by atoms with Crippen molar-refractivity contribution in [1.82, 2.24) is 0 Å². The number of rotatable bonds is 2.